The predicted octanol–water partition coefficient (Wildman–Crippen LogP) is 6.99. The van der Waals surface area contributed by atoms with Crippen molar-refractivity contribution in [1.29, 1.82) is 0 Å². The molecule has 5 heteroatoms. The fourth-order valence-electron chi connectivity index (χ4n) is 5.84. The van der Waals surface area contributed by atoms with Crippen LogP contribution in [-0.2, 0) is 29.1 Å². The van der Waals surface area contributed by atoms with E-state index in [4.69, 9.17) is 9.47 Å². The number of ether oxygens (including phenoxy) is 2. The van der Waals surface area contributed by atoms with E-state index in [1.165, 1.54) is 0 Å². The molecule has 3 aromatic rings. The number of benzene rings is 3. The Hall–Kier alpha value is -3.57. The highest BCUT2D eigenvalue weighted by atomic mass is 16.5. The van der Waals surface area contributed by atoms with E-state index in [0.717, 1.165) is 59.3 Å². The topological polar surface area (TPSA) is 59.0 Å². The molecule has 198 valence electrons. The summed E-state index contributed by atoms with van der Waals surface area (Å²) < 4.78 is 13.1. The molecule has 1 aliphatic carbocycles. The SMILES string of the molecule is C=C(C(OC1(C)CCCC1)c1ccccc1)N1Cc2ccc(C)c(OCc3ccccc3)c2CC1C(=O)O. The molecule has 1 heterocycles. The fourth-order valence-corrected chi connectivity index (χ4v) is 5.84. The molecule has 0 bridgehead atoms. The number of aliphatic carboxylic acids is 1. The highest BCUT2D eigenvalue weighted by Crippen LogP contribution is 2.43. The van der Waals surface area contributed by atoms with Crippen LogP contribution in [0, 0.1) is 6.92 Å². The Bertz CT molecular complexity index is 1280. The number of nitrogens with zero attached hydrogens (tertiary/aromatic N) is 1. The molecule has 0 radical (unpaired) electrons. The molecule has 3 aromatic carbocycles. The normalized spacial score (nSPS) is 19.0. The quantitative estimate of drug-likeness (QED) is 0.336. The monoisotopic (exact) mass is 511 g/mol. The minimum atomic E-state index is -0.869. The first-order valence-electron chi connectivity index (χ1n) is 13.5. The lowest BCUT2D eigenvalue weighted by molar-refractivity contribution is -0.144. The highest BCUT2D eigenvalue weighted by Gasteiger charge is 2.40. The lowest BCUT2D eigenvalue weighted by Crippen LogP contribution is -2.46. The lowest BCUT2D eigenvalue weighted by Gasteiger charge is -2.42. The van der Waals surface area contributed by atoms with Crippen LogP contribution < -0.4 is 4.74 Å². The standard InChI is InChI=1S/C33H37NO4/c1-23-16-17-27-21-34(24(2)31(26-14-8-5-9-15-26)38-33(3)18-10-11-19-33)29(32(35)36)20-28(27)30(23)37-22-25-12-6-4-7-13-25/h4-9,12-17,29,31H,2,10-11,18-22H2,1,3H3,(H,35,36). The molecule has 38 heavy (non-hydrogen) atoms. The van der Waals surface area contributed by atoms with E-state index in [-0.39, 0.29) is 5.60 Å². The van der Waals surface area contributed by atoms with Crippen molar-refractivity contribution in [3.63, 3.8) is 0 Å². The van der Waals surface area contributed by atoms with Gasteiger partial charge in [0.25, 0.3) is 0 Å². The van der Waals surface area contributed by atoms with Crippen LogP contribution in [0.5, 0.6) is 5.75 Å². The van der Waals surface area contributed by atoms with Gasteiger partial charge in [-0.15, -0.1) is 0 Å². The van der Waals surface area contributed by atoms with Crippen molar-refractivity contribution in [2.45, 2.75) is 76.9 Å². The van der Waals surface area contributed by atoms with Crippen molar-refractivity contribution >= 4 is 5.97 Å². The number of carboxylic acids is 1. The molecular weight excluding hydrogens is 474 g/mol. The van der Waals surface area contributed by atoms with Gasteiger partial charge in [0, 0.05) is 24.2 Å². The maximum atomic E-state index is 12.7. The number of carboxylic acid groups (broad SMARTS) is 1. The number of hydrogen-bond donors (Lipinski definition) is 1. The summed E-state index contributed by atoms with van der Waals surface area (Å²) in [6, 6.07) is 23.5. The van der Waals surface area contributed by atoms with Crippen LogP contribution in [0.3, 0.4) is 0 Å². The van der Waals surface area contributed by atoms with Crippen molar-refractivity contribution in [1.82, 2.24) is 4.90 Å². The zero-order valence-corrected chi connectivity index (χ0v) is 22.4. The van der Waals surface area contributed by atoms with Gasteiger partial charge in [-0.3, -0.25) is 0 Å². The second-order valence-electron chi connectivity index (χ2n) is 10.9. The van der Waals surface area contributed by atoms with Crippen LogP contribution in [-0.4, -0.2) is 27.6 Å². The maximum Gasteiger partial charge on any atom is 0.326 e. The molecule has 2 aliphatic rings. The number of carbonyl (C=O) groups is 1. The average Bonchev–Trinajstić information content (AvgIpc) is 3.37. The van der Waals surface area contributed by atoms with E-state index in [1.54, 1.807) is 0 Å². The van der Waals surface area contributed by atoms with Crippen molar-refractivity contribution in [2.24, 2.45) is 0 Å². The zero-order chi connectivity index (χ0) is 26.7. The first-order chi connectivity index (χ1) is 18.3. The Morgan fingerprint density at radius 3 is 2.37 bits per heavy atom. The third-order valence-electron chi connectivity index (χ3n) is 8.02. The maximum absolute atomic E-state index is 12.7. The Balaban J connectivity index is 1.46. The molecule has 1 aliphatic heterocycles. The van der Waals surface area contributed by atoms with E-state index >= 15 is 0 Å². The Morgan fingerprint density at radius 1 is 1.05 bits per heavy atom. The van der Waals surface area contributed by atoms with Gasteiger partial charge in [0.1, 0.15) is 24.5 Å². The molecule has 0 amide bonds. The summed E-state index contributed by atoms with van der Waals surface area (Å²) in [6.45, 7) is 9.52. The third kappa shape index (κ3) is 5.48. The molecule has 2 unspecified atom stereocenters. The number of rotatable bonds is 9. The average molecular weight is 512 g/mol. The Morgan fingerprint density at radius 2 is 1.71 bits per heavy atom. The summed E-state index contributed by atoms with van der Waals surface area (Å²) >= 11 is 0. The number of aryl methyl sites for hydroxylation is 1. The van der Waals surface area contributed by atoms with Gasteiger partial charge in [-0.05, 0) is 48.9 Å². The van der Waals surface area contributed by atoms with Crippen LogP contribution in [0.15, 0.2) is 85.1 Å². The largest absolute Gasteiger partial charge is 0.488 e. The molecule has 0 aromatic heterocycles. The third-order valence-corrected chi connectivity index (χ3v) is 8.02. The van der Waals surface area contributed by atoms with E-state index < -0.39 is 18.1 Å². The summed E-state index contributed by atoms with van der Waals surface area (Å²) in [5.41, 5.74) is 5.56. The summed E-state index contributed by atoms with van der Waals surface area (Å²) in [5.74, 6) is -0.0802. The van der Waals surface area contributed by atoms with Crippen molar-refractivity contribution in [3.05, 3.63) is 113 Å². The first-order valence-corrected chi connectivity index (χ1v) is 13.5. The fraction of sp³-hybridized carbons (Fsp3) is 0.364. The first kappa shape index (κ1) is 26.1. The molecule has 1 N–H and O–H groups in total. The molecule has 2 atom stereocenters. The summed E-state index contributed by atoms with van der Waals surface area (Å²) in [5, 5.41) is 10.4. The van der Waals surface area contributed by atoms with Crippen LogP contribution in [0.1, 0.15) is 66.5 Å². The van der Waals surface area contributed by atoms with E-state index in [2.05, 4.69) is 25.6 Å². The molecular formula is C33H37NO4. The molecule has 1 saturated carbocycles. The second-order valence-corrected chi connectivity index (χ2v) is 10.9. The molecule has 1 fully saturated rings. The van der Waals surface area contributed by atoms with Gasteiger partial charge in [0.05, 0.1) is 5.60 Å². The van der Waals surface area contributed by atoms with Gasteiger partial charge in [0.2, 0.25) is 0 Å². The smallest absolute Gasteiger partial charge is 0.326 e. The van der Waals surface area contributed by atoms with Gasteiger partial charge < -0.3 is 19.5 Å². The van der Waals surface area contributed by atoms with E-state index in [1.807, 2.05) is 72.5 Å². The highest BCUT2D eigenvalue weighted by molar-refractivity contribution is 5.75. The molecule has 0 spiro atoms. The Labute approximate surface area is 225 Å². The minimum Gasteiger partial charge on any atom is -0.488 e. The number of fused-ring (bicyclic) bond motifs is 1. The molecule has 0 saturated heterocycles. The lowest BCUT2D eigenvalue weighted by atomic mass is 9.90. The van der Waals surface area contributed by atoms with Crippen LogP contribution in [0.2, 0.25) is 0 Å². The Kier molecular flexibility index (Phi) is 7.57. The zero-order valence-electron chi connectivity index (χ0n) is 22.4. The van der Waals surface area contributed by atoms with Gasteiger partial charge in [0.15, 0.2) is 0 Å². The molecule has 5 rings (SSSR count). The number of hydrogen-bond acceptors (Lipinski definition) is 4. The molecule has 5 nitrogen and oxygen atoms in total. The predicted molar refractivity (Wildman–Crippen MR) is 149 cm³/mol. The van der Waals surface area contributed by atoms with Crippen molar-refractivity contribution in [2.75, 3.05) is 0 Å². The summed E-state index contributed by atoms with van der Waals surface area (Å²) in [6.07, 6.45) is 4.21. The second kappa shape index (κ2) is 11.0. The van der Waals surface area contributed by atoms with Gasteiger partial charge in [-0.25, -0.2) is 4.79 Å². The summed E-state index contributed by atoms with van der Waals surface area (Å²) in [4.78, 5) is 14.6. The summed E-state index contributed by atoms with van der Waals surface area (Å²) in [7, 11) is 0. The van der Waals surface area contributed by atoms with Gasteiger partial charge in [-0.1, -0.05) is 92.2 Å². The van der Waals surface area contributed by atoms with Crippen molar-refractivity contribution in [3.8, 4) is 5.75 Å². The van der Waals surface area contributed by atoms with Gasteiger partial charge >= 0.3 is 5.97 Å². The van der Waals surface area contributed by atoms with Crippen LogP contribution >= 0.6 is 0 Å². The van der Waals surface area contributed by atoms with Crippen molar-refractivity contribution < 1.29 is 19.4 Å². The minimum absolute atomic E-state index is 0.245. The van der Waals surface area contributed by atoms with Crippen LogP contribution in [0.25, 0.3) is 0 Å². The van der Waals surface area contributed by atoms with E-state index in [9.17, 15) is 9.90 Å². The van der Waals surface area contributed by atoms with Crippen LogP contribution in [0.4, 0.5) is 0 Å². The van der Waals surface area contributed by atoms with E-state index in [0.29, 0.717) is 25.3 Å². The van der Waals surface area contributed by atoms with Gasteiger partial charge in [-0.2, -0.15) is 0 Å².